The van der Waals surface area contributed by atoms with Crippen LogP contribution in [0, 0.1) is 0 Å². The molecule has 0 saturated carbocycles. The number of hydrogen-bond donors (Lipinski definition) is 2. The fraction of sp³-hybridized carbons (Fsp3) is 0.409. The molecule has 0 spiro atoms. The molecule has 138 valence electrons. The van der Waals surface area contributed by atoms with Crippen molar-refractivity contribution >= 4 is 5.91 Å². The number of aliphatic hydroxyl groups excluding tert-OH is 1. The fourth-order valence-corrected chi connectivity index (χ4v) is 4.18. The molecule has 4 heteroatoms. The number of aliphatic hydroxyl groups is 1. The molecule has 3 rings (SSSR count). The van der Waals surface area contributed by atoms with E-state index in [2.05, 4.69) is 41.4 Å². The summed E-state index contributed by atoms with van der Waals surface area (Å²) in [5.41, 5.74) is 1.60. The first kappa shape index (κ1) is 18.6. The average Bonchev–Trinajstić information content (AvgIpc) is 2.63. The van der Waals surface area contributed by atoms with Crippen LogP contribution >= 0.6 is 0 Å². The Kier molecular flexibility index (Phi) is 5.44. The van der Waals surface area contributed by atoms with Crippen LogP contribution in [0.3, 0.4) is 0 Å². The summed E-state index contributed by atoms with van der Waals surface area (Å²) in [6.45, 7) is 5.14. The third kappa shape index (κ3) is 3.81. The summed E-state index contributed by atoms with van der Waals surface area (Å²) in [7, 11) is 0. The van der Waals surface area contributed by atoms with E-state index in [0.717, 1.165) is 24.9 Å². The summed E-state index contributed by atoms with van der Waals surface area (Å²) in [6, 6.07) is 20.5. The maximum Gasteiger partial charge on any atom is 0.217 e. The first-order valence-corrected chi connectivity index (χ1v) is 9.22. The Labute approximate surface area is 155 Å². The second-order valence-corrected chi connectivity index (χ2v) is 7.64. The zero-order valence-electron chi connectivity index (χ0n) is 15.6. The molecule has 2 atom stereocenters. The van der Waals surface area contributed by atoms with Crippen LogP contribution < -0.4 is 5.32 Å². The number of hydrogen-bond acceptors (Lipinski definition) is 3. The lowest BCUT2D eigenvalue weighted by Gasteiger charge is -2.53. The third-order valence-corrected chi connectivity index (χ3v) is 5.50. The Morgan fingerprint density at radius 1 is 1.08 bits per heavy atom. The van der Waals surface area contributed by atoms with Gasteiger partial charge in [-0.15, -0.1) is 0 Å². The summed E-state index contributed by atoms with van der Waals surface area (Å²) in [5, 5.41) is 13.6. The average molecular weight is 352 g/mol. The first-order valence-electron chi connectivity index (χ1n) is 9.22. The highest BCUT2D eigenvalue weighted by Gasteiger charge is 2.46. The molecule has 4 nitrogen and oxygen atoms in total. The van der Waals surface area contributed by atoms with E-state index in [9.17, 15) is 9.90 Å². The van der Waals surface area contributed by atoms with Gasteiger partial charge in [0.25, 0.3) is 0 Å². The number of benzene rings is 2. The molecule has 0 unspecified atom stereocenters. The van der Waals surface area contributed by atoms with Crippen molar-refractivity contribution in [2.45, 2.75) is 44.3 Å². The monoisotopic (exact) mass is 352 g/mol. The molecule has 1 aliphatic rings. The van der Waals surface area contributed by atoms with Crippen LogP contribution in [-0.4, -0.2) is 34.6 Å². The molecule has 0 radical (unpaired) electrons. The highest BCUT2D eigenvalue weighted by atomic mass is 16.3. The van der Waals surface area contributed by atoms with E-state index in [4.69, 9.17) is 0 Å². The van der Waals surface area contributed by atoms with E-state index >= 15 is 0 Å². The lowest BCUT2D eigenvalue weighted by atomic mass is 9.75. The highest BCUT2D eigenvalue weighted by molar-refractivity contribution is 5.73. The molecule has 2 aromatic rings. The normalized spacial score (nSPS) is 26.4. The predicted octanol–water partition coefficient (Wildman–Crippen LogP) is 3.07. The largest absolute Gasteiger partial charge is 0.394 e. The predicted molar refractivity (Wildman–Crippen MR) is 104 cm³/mol. The molecule has 1 aliphatic heterocycles. The van der Waals surface area contributed by atoms with Crippen molar-refractivity contribution in [3.8, 4) is 0 Å². The Hall–Kier alpha value is -2.17. The van der Waals surface area contributed by atoms with Crippen LogP contribution in [0.1, 0.15) is 37.8 Å². The Bertz CT molecular complexity index is 734. The summed E-state index contributed by atoms with van der Waals surface area (Å²) in [5.74, 6) is -0.0108. The smallest absolute Gasteiger partial charge is 0.217 e. The number of carbonyl (C=O) groups is 1. The maximum absolute atomic E-state index is 11.7. The van der Waals surface area contributed by atoms with Gasteiger partial charge in [0.1, 0.15) is 0 Å². The van der Waals surface area contributed by atoms with Crippen LogP contribution in [0.25, 0.3) is 0 Å². The standard InChI is InChI=1S/C22H28N2O2/c1-18(26)23-21(2)13-14-22(17-25,20-11-7-4-8-12-20)24(16-21)15-19-9-5-3-6-10-19/h3-12,25H,13-17H2,1-2H3,(H,23,26)/t21-,22-/m1/s1. The molecular formula is C22H28N2O2. The molecule has 26 heavy (non-hydrogen) atoms. The lowest BCUT2D eigenvalue weighted by molar-refractivity contribution is -0.123. The fourth-order valence-electron chi connectivity index (χ4n) is 4.18. The van der Waals surface area contributed by atoms with E-state index in [1.165, 1.54) is 5.56 Å². The number of piperidine rings is 1. The van der Waals surface area contributed by atoms with E-state index in [1.807, 2.05) is 36.4 Å². The SMILES string of the molecule is CC(=O)N[C@]1(C)CC[C@@](CO)(c2ccccc2)N(Cc2ccccc2)C1. The molecule has 0 aromatic heterocycles. The maximum atomic E-state index is 11.7. The van der Waals surface area contributed by atoms with Crippen molar-refractivity contribution < 1.29 is 9.90 Å². The summed E-state index contributed by atoms with van der Waals surface area (Å²) in [4.78, 5) is 14.0. The minimum absolute atomic E-state index is 0.0108. The molecular weight excluding hydrogens is 324 g/mol. The number of nitrogens with zero attached hydrogens (tertiary/aromatic N) is 1. The van der Waals surface area contributed by atoms with Crippen LogP contribution in [0.2, 0.25) is 0 Å². The summed E-state index contributed by atoms with van der Waals surface area (Å²) < 4.78 is 0. The van der Waals surface area contributed by atoms with E-state index in [1.54, 1.807) is 6.92 Å². The molecule has 0 bridgehead atoms. The van der Waals surface area contributed by atoms with Crippen molar-refractivity contribution in [1.29, 1.82) is 0 Å². The number of carbonyl (C=O) groups excluding carboxylic acids is 1. The van der Waals surface area contributed by atoms with Gasteiger partial charge >= 0.3 is 0 Å². The van der Waals surface area contributed by atoms with Gasteiger partial charge in [-0.3, -0.25) is 9.69 Å². The third-order valence-electron chi connectivity index (χ3n) is 5.50. The van der Waals surface area contributed by atoms with E-state index in [0.29, 0.717) is 6.54 Å². The van der Waals surface area contributed by atoms with Gasteiger partial charge in [-0.2, -0.15) is 0 Å². The second-order valence-electron chi connectivity index (χ2n) is 7.64. The van der Waals surface area contributed by atoms with Gasteiger partial charge in [-0.1, -0.05) is 60.7 Å². The molecule has 1 saturated heterocycles. The van der Waals surface area contributed by atoms with Crippen molar-refractivity contribution in [1.82, 2.24) is 10.2 Å². The molecule has 1 fully saturated rings. The van der Waals surface area contributed by atoms with E-state index < -0.39 is 5.54 Å². The Balaban J connectivity index is 1.97. The van der Waals surface area contributed by atoms with Gasteiger partial charge < -0.3 is 10.4 Å². The van der Waals surface area contributed by atoms with Crippen LogP contribution in [0.15, 0.2) is 60.7 Å². The quantitative estimate of drug-likeness (QED) is 0.870. The second kappa shape index (κ2) is 7.60. The highest BCUT2D eigenvalue weighted by Crippen LogP contribution is 2.41. The van der Waals surface area contributed by atoms with Gasteiger partial charge in [0.2, 0.25) is 5.91 Å². The van der Waals surface area contributed by atoms with Crippen LogP contribution in [0.5, 0.6) is 0 Å². The van der Waals surface area contributed by atoms with Gasteiger partial charge in [-0.25, -0.2) is 0 Å². The van der Waals surface area contributed by atoms with Crippen LogP contribution in [0.4, 0.5) is 0 Å². The number of nitrogens with one attached hydrogen (secondary N) is 1. The summed E-state index contributed by atoms with van der Waals surface area (Å²) >= 11 is 0. The molecule has 2 aromatic carbocycles. The molecule has 1 heterocycles. The molecule has 0 aliphatic carbocycles. The lowest BCUT2D eigenvalue weighted by Crippen LogP contribution is -2.63. The number of likely N-dealkylation sites (tertiary alicyclic amines) is 1. The number of amides is 1. The van der Waals surface area contributed by atoms with Crippen molar-refractivity contribution in [2.75, 3.05) is 13.2 Å². The topological polar surface area (TPSA) is 52.6 Å². The van der Waals surface area contributed by atoms with Gasteiger partial charge in [0, 0.05) is 25.6 Å². The van der Waals surface area contributed by atoms with Crippen molar-refractivity contribution in [3.63, 3.8) is 0 Å². The van der Waals surface area contributed by atoms with Gasteiger partial charge in [0.15, 0.2) is 0 Å². The zero-order valence-corrected chi connectivity index (χ0v) is 15.6. The van der Waals surface area contributed by atoms with E-state index in [-0.39, 0.29) is 18.1 Å². The minimum atomic E-state index is -0.435. The van der Waals surface area contributed by atoms with Crippen molar-refractivity contribution in [2.24, 2.45) is 0 Å². The zero-order chi connectivity index (χ0) is 18.6. The summed E-state index contributed by atoms with van der Waals surface area (Å²) in [6.07, 6.45) is 1.62. The van der Waals surface area contributed by atoms with Crippen molar-refractivity contribution in [3.05, 3.63) is 71.8 Å². The first-order chi connectivity index (χ1) is 12.5. The number of rotatable bonds is 5. The van der Waals surface area contributed by atoms with Crippen LogP contribution in [-0.2, 0) is 16.9 Å². The Morgan fingerprint density at radius 2 is 1.69 bits per heavy atom. The minimum Gasteiger partial charge on any atom is -0.394 e. The molecule has 1 amide bonds. The van der Waals surface area contributed by atoms with Gasteiger partial charge in [-0.05, 0) is 30.9 Å². The Morgan fingerprint density at radius 3 is 2.27 bits per heavy atom. The molecule has 2 N–H and O–H groups in total. The van der Waals surface area contributed by atoms with Gasteiger partial charge in [0.05, 0.1) is 12.1 Å².